The van der Waals surface area contributed by atoms with Gasteiger partial charge in [0.2, 0.25) is 5.91 Å². The predicted molar refractivity (Wildman–Crippen MR) is 66.0 cm³/mol. The van der Waals surface area contributed by atoms with Crippen LogP contribution in [-0.4, -0.2) is 51.2 Å². The van der Waals surface area contributed by atoms with Crippen molar-refractivity contribution in [1.29, 1.82) is 0 Å². The van der Waals surface area contributed by atoms with Gasteiger partial charge in [0.05, 0.1) is 13.7 Å². The number of rotatable bonds is 4. The third-order valence-electron chi connectivity index (χ3n) is 3.32. The summed E-state index contributed by atoms with van der Waals surface area (Å²) in [4.78, 5) is 29.3. The molecule has 1 aliphatic rings. The zero-order valence-electron chi connectivity index (χ0n) is 11.0. The quantitative estimate of drug-likeness (QED) is 0.729. The predicted octanol–water partition coefficient (Wildman–Crippen LogP) is 0.222. The fourth-order valence-corrected chi connectivity index (χ4v) is 2.31. The number of hydrogen-bond donors (Lipinski definition) is 0. The Morgan fingerprint density at radius 2 is 2.26 bits per heavy atom. The van der Waals surface area contributed by atoms with E-state index in [4.69, 9.17) is 4.74 Å². The van der Waals surface area contributed by atoms with Gasteiger partial charge in [0, 0.05) is 13.0 Å². The molecule has 1 aromatic heterocycles. The van der Waals surface area contributed by atoms with Crippen molar-refractivity contribution in [3.63, 3.8) is 0 Å². The van der Waals surface area contributed by atoms with E-state index in [1.165, 1.54) is 13.4 Å². The monoisotopic (exact) mass is 266 g/mol. The molecule has 2 heterocycles. The van der Waals surface area contributed by atoms with Gasteiger partial charge in [0.25, 0.3) is 0 Å². The van der Waals surface area contributed by atoms with Crippen molar-refractivity contribution in [3.05, 3.63) is 12.7 Å². The third-order valence-corrected chi connectivity index (χ3v) is 3.32. The molecule has 0 N–H and O–H groups in total. The third kappa shape index (κ3) is 3.30. The molecule has 1 saturated heterocycles. The number of hydrogen-bond acceptors (Lipinski definition) is 5. The van der Waals surface area contributed by atoms with E-state index in [0.29, 0.717) is 25.9 Å². The van der Waals surface area contributed by atoms with Crippen LogP contribution in [0.15, 0.2) is 12.7 Å². The van der Waals surface area contributed by atoms with Crippen molar-refractivity contribution >= 4 is 11.9 Å². The molecule has 2 rings (SSSR count). The second-order valence-electron chi connectivity index (χ2n) is 4.53. The SMILES string of the molecule is COC(=O)C1CCCCN1C(=O)CCn1cncn1. The molecule has 0 saturated carbocycles. The van der Waals surface area contributed by atoms with Crippen LogP contribution in [0.25, 0.3) is 0 Å². The van der Waals surface area contributed by atoms with Gasteiger partial charge in [-0.2, -0.15) is 5.10 Å². The number of carbonyl (C=O) groups is 2. The first-order valence-corrected chi connectivity index (χ1v) is 6.42. The van der Waals surface area contributed by atoms with Crippen molar-refractivity contribution in [2.24, 2.45) is 0 Å². The second-order valence-corrected chi connectivity index (χ2v) is 4.53. The molecule has 0 aliphatic carbocycles. The highest BCUT2D eigenvalue weighted by Gasteiger charge is 2.32. The number of aryl methyl sites for hydroxylation is 1. The molecule has 1 fully saturated rings. The zero-order chi connectivity index (χ0) is 13.7. The van der Waals surface area contributed by atoms with Gasteiger partial charge in [0.1, 0.15) is 18.7 Å². The largest absolute Gasteiger partial charge is 0.467 e. The minimum Gasteiger partial charge on any atom is -0.467 e. The highest BCUT2D eigenvalue weighted by atomic mass is 16.5. The molecule has 104 valence electrons. The highest BCUT2D eigenvalue weighted by molar-refractivity contribution is 5.84. The van der Waals surface area contributed by atoms with Crippen molar-refractivity contribution < 1.29 is 14.3 Å². The number of piperidine rings is 1. The fourth-order valence-electron chi connectivity index (χ4n) is 2.31. The first-order valence-electron chi connectivity index (χ1n) is 6.42. The Labute approximate surface area is 111 Å². The van der Waals surface area contributed by atoms with Gasteiger partial charge >= 0.3 is 5.97 Å². The Bertz CT molecular complexity index is 432. The molecule has 7 nitrogen and oxygen atoms in total. The minimum absolute atomic E-state index is 0.0365. The summed E-state index contributed by atoms with van der Waals surface area (Å²) >= 11 is 0. The van der Waals surface area contributed by atoms with Crippen LogP contribution in [0.3, 0.4) is 0 Å². The molecule has 0 bridgehead atoms. The summed E-state index contributed by atoms with van der Waals surface area (Å²) < 4.78 is 6.37. The Hall–Kier alpha value is -1.92. The van der Waals surface area contributed by atoms with E-state index in [1.807, 2.05) is 0 Å². The van der Waals surface area contributed by atoms with Crippen molar-refractivity contribution in [2.45, 2.75) is 38.3 Å². The van der Waals surface area contributed by atoms with Crippen LogP contribution in [0.2, 0.25) is 0 Å². The maximum absolute atomic E-state index is 12.2. The molecule has 0 radical (unpaired) electrons. The maximum Gasteiger partial charge on any atom is 0.328 e. The molecule has 1 atom stereocenters. The van der Waals surface area contributed by atoms with Crippen molar-refractivity contribution in [1.82, 2.24) is 19.7 Å². The van der Waals surface area contributed by atoms with Crippen LogP contribution in [0.5, 0.6) is 0 Å². The van der Waals surface area contributed by atoms with Crippen LogP contribution in [0, 0.1) is 0 Å². The standard InChI is InChI=1S/C12H18N4O3/c1-19-12(18)10-4-2-3-6-16(10)11(17)5-7-15-9-13-8-14-15/h8-10H,2-7H2,1H3. The van der Waals surface area contributed by atoms with Gasteiger partial charge in [-0.1, -0.05) is 0 Å². The molecule has 1 amide bonds. The van der Waals surface area contributed by atoms with E-state index in [2.05, 4.69) is 10.1 Å². The van der Waals surface area contributed by atoms with Gasteiger partial charge in [-0.05, 0) is 19.3 Å². The molecule has 0 spiro atoms. The smallest absolute Gasteiger partial charge is 0.328 e. The highest BCUT2D eigenvalue weighted by Crippen LogP contribution is 2.19. The lowest BCUT2D eigenvalue weighted by Gasteiger charge is -2.33. The number of carbonyl (C=O) groups excluding carboxylic acids is 2. The lowest BCUT2D eigenvalue weighted by atomic mass is 10.0. The summed E-state index contributed by atoms with van der Waals surface area (Å²) in [5.74, 6) is -0.362. The summed E-state index contributed by atoms with van der Waals surface area (Å²) in [6.45, 7) is 1.10. The fraction of sp³-hybridized carbons (Fsp3) is 0.667. The number of ether oxygens (including phenoxy) is 1. The first-order chi connectivity index (χ1) is 9.22. The van der Waals surface area contributed by atoms with Crippen LogP contribution < -0.4 is 0 Å². The molecule has 1 aliphatic heterocycles. The Kier molecular flexibility index (Phi) is 4.48. The first kappa shape index (κ1) is 13.5. The maximum atomic E-state index is 12.2. The van der Waals surface area contributed by atoms with E-state index in [-0.39, 0.29) is 11.9 Å². The van der Waals surface area contributed by atoms with E-state index in [1.54, 1.807) is 15.9 Å². The molecule has 7 heteroatoms. The molecule has 19 heavy (non-hydrogen) atoms. The zero-order valence-corrected chi connectivity index (χ0v) is 11.0. The topological polar surface area (TPSA) is 77.3 Å². The molecular formula is C12H18N4O3. The van der Waals surface area contributed by atoms with Gasteiger partial charge < -0.3 is 9.64 Å². The van der Waals surface area contributed by atoms with Crippen molar-refractivity contribution in [2.75, 3.05) is 13.7 Å². The van der Waals surface area contributed by atoms with Crippen molar-refractivity contribution in [3.8, 4) is 0 Å². The van der Waals surface area contributed by atoms with E-state index in [0.717, 1.165) is 12.8 Å². The number of likely N-dealkylation sites (tertiary alicyclic amines) is 1. The average molecular weight is 266 g/mol. The Balaban J connectivity index is 1.93. The molecule has 1 unspecified atom stereocenters. The lowest BCUT2D eigenvalue weighted by molar-refractivity contribution is -0.154. The van der Waals surface area contributed by atoms with E-state index >= 15 is 0 Å². The van der Waals surface area contributed by atoms with E-state index in [9.17, 15) is 9.59 Å². The minimum atomic E-state index is -0.429. The van der Waals surface area contributed by atoms with Gasteiger partial charge in [0.15, 0.2) is 0 Å². The lowest BCUT2D eigenvalue weighted by Crippen LogP contribution is -2.48. The Morgan fingerprint density at radius 1 is 1.42 bits per heavy atom. The summed E-state index contributed by atoms with van der Waals surface area (Å²) in [7, 11) is 1.36. The average Bonchev–Trinajstić information content (AvgIpc) is 2.97. The number of nitrogens with zero attached hydrogens (tertiary/aromatic N) is 4. The molecular weight excluding hydrogens is 248 g/mol. The van der Waals surface area contributed by atoms with Gasteiger partial charge in [-0.3, -0.25) is 9.48 Å². The normalized spacial score (nSPS) is 19.2. The number of amides is 1. The summed E-state index contributed by atoms with van der Waals surface area (Å²) in [6.07, 6.45) is 5.89. The summed E-state index contributed by atoms with van der Waals surface area (Å²) in [5.41, 5.74) is 0. The number of esters is 1. The van der Waals surface area contributed by atoms with Crippen LogP contribution in [-0.2, 0) is 20.9 Å². The number of aromatic nitrogens is 3. The Morgan fingerprint density at radius 3 is 2.95 bits per heavy atom. The van der Waals surface area contributed by atoms with Crippen LogP contribution in [0.1, 0.15) is 25.7 Å². The van der Waals surface area contributed by atoms with Gasteiger partial charge in [-0.15, -0.1) is 0 Å². The number of methoxy groups -OCH3 is 1. The van der Waals surface area contributed by atoms with Crippen LogP contribution >= 0.6 is 0 Å². The van der Waals surface area contributed by atoms with E-state index < -0.39 is 6.04 Å². The molecule has 0 aromatic carbocycles. The summed E-state index contributed by atoms with van der Waals surface area (Å²) in [5, 5.41) is 3.95. The van der Waals surface area contributed by atoms with Gasteiger partial charge in [-0.25, -0.2) is 9.78 Å². The molecule has 1 aromatic rings. The summed E-state index contributed by atoms with van der Waals surface area (Å²) in [6, 6.07) is -0.429. The van der Waals surface area contributed by atoms with Crippen LogP contribution in [0.4, 0.5) is 0 Å². The second kappa shape index (κ2) is 6.31.